The van der Waals surface area contributed by atoms with Gasteiger partial charge in [-0.2, -0.15) is 0 Å². The molecule has 0 aromatic carbocycles. The quantitative estimate of drug-likeness (QED) is 0.103. The van der Waals surface area contributed by atoms with Gasteiger partial charge < -0.3 is 13.7 Å². The lowest BCUT2D eigenvalue weighted by Gasteiger charge is -2.24. The zero-order chi connectivity index (χ0) is 26.3. The molecule has 5 nitrogen and oxygen atoms in total. The van der Waals surface area contributed by atoms with Crippen LogP contribution >= 0.6 is 0 Å². The van der Waals surface area contributed by atoms with Crippen LogP contribution in [0, 0.1) is 0 Å². The molecule has 0 unspecified atom stereocenters. The molecule has 0 amide bonds. The van der Waals surface area contributed by atoms with E-state index < -0.39 is 16.6 Å². The Morgan fingerprint density at radius 2 is 1.66 bits per heavy atom. The third-order valence-electron chi connectivity index (χ3n) is 5.76. The van der Waals surface area contributed by atoms with Crippen LogP contribution in [0.15, 0.2) is 28.5 Å². The molecule has 0 aliphatic heterocycles. The number of hydrogen-bond acceptors (Lipinski definition) is 5. The van der Waals surface area contributed by atoms with E-state index in [1.165, 1.54) is 30.4 Å². The summed E-state index contributed by atoms with van der Waals surface area (Å²) in [7, 11) is -3.38. The Hall–Kier alpha value is -1.19. The molecular weight excluding hydrogens is 470 g/mol. The van der Waals surface area contributed by atoms with Crippen molar-refractivity contribution < 1.29 is 18.5 Å². The summed E-state index contributed by atoms with van der Waals surface area (Å²) in [6.07, 6.45) is 17.3. The number of hydrogen-bond donors (Lipinski definition) is 0. The highest BCUT2D eigenvalue weighted by atomic mass is 28.4. The van der Waals surface area contributed by atoms with Crippen LogP contribution in [0.4, 0.5) is 0 Å². The summed E-state index contributed by atoms with van der Waals surface area (Å²) in [5.41, 5.74) is 3.86. The lowest BCUT2D eigenvalue weighted by atomic mass is 10.0. The normalized spacial score (nSPS) is 17.0. The van der Waals surface area contributed by atoms with Crippen molar-refractivity contribution >= 4 is 28.3 Å². The van der Waals surface area contributed by atoms with Crippen LogP contribution in [0.5, 0.6) is 0 Å². The van der Waals surface area contributed by atoms with Gasteiger partial charge in [0.05, 0.1) is 11.8 Å². The van der Waals surface area contributed by atoms with Gasteiger partial charge in [-0.3, -0.25) is 4.79 Å². The molecule has 1 rings (SSSR count). The van der Waals surface area contributed by atoms with E-state index in [2.05, 4.69) is 63.5 Å². The standard InChI is InChI=1S/C28H53NO4Si2/c1-9-11-14-17-25(32-34(3,4)5)22-20-24-21-23-27(29-31-10-2)26(24)18-15-12-13-16-19-28(30)33-35(6,7)8/h20,22,25H,9-19,21,23H2,1-8H3/b22-20+,29-27-/t25-/m0/s1. The van der Waals surface area contributed by atoms with Crippen molar-refractivity contribution in [1.29, 1.82) is 0 Å². The van der Waals surface area contributed by atoms with Crippen molar-refractivity contribution in [3.8, 4) is 0 Å². The van der Waals surface area contributed by atoms with Gasteiger partial charge in [0.25, 0.3) is 5.97 Å². The van der Waals surface area contributed by atoms with Crippen molar-refractivity contribution in [2.75, 3.05) is 6.61 Å². The number of carbonyl (C=O) groups excluding carboxylic acids is 1. The fourth-order valence-electron chi connectivity index (χ4n) is 4.26. The van der Waals surface area contributed by atoms with E-state index in [0.29, 0.717) is 13.0 Å². The smallest absolute Gasteiger partial charge is 0.292 e. The number of oxime groups is 1. The molecular formula is C28H53NO4Si2. The number of allylic oxidation sites excluding steroid dienone is 3. The minimum absolute atomic E-state index is 0.0322. The molecule has 0 bridgehead atoms. The summed E-state index contributed by atoms with van der Waals surface area (Å²) >= 11 is 0. The van der Waals surface area contributed by atoms with Gasteiger partial charge in [-0.25, -0.2) is 0 Å². The van der Waals surface area contributed by atoms with Crippen molar-refractivity contribution in [2.45, 2.75) is 136 Å². The van der Waals surface area contributed by atoms with E-state index >= 15 is 0 Å². The molecule has 0 spiro atoms. The second-order valence-corrected chi connectivity index (χ2v) is 20.5. The molecule has 0 saturated carbocycles. The fourth-order valence-corrected chi connectivity index (χ4v) is 6.15. The zero-order valence-corrected chi connectivity index (χ0v) is 26.0. The first kappa shape index (κ1) is 31.8. The van der Waals surface area contributed by atoms with Crippen molar-refractivity contribution in [3.63, 3.8) is 0 Å². The minimum Gasteiger partial charge on any atom is -0.520 e. The van der Waals surface area contributed by atoms with Crippen molar-refractivity contribution in [1.82, 2.24) is 0 Å². The van der Waals surface area contributed by atoms with Crippen molar-refractivity contribution in [3.05, 3.63) is 23.3 Å². The Labute approximate surface area is 218 Å². The van der Waals surface area contributed by atoms with E-state index in [9.17, 15) is 4.79 Å². The second kappa shape index (κ2) is 16.5. The predicted molar refractivity (Wildman–Crippen MR) is 154 cm³/mol. The van der Waals surface area contributed by atoms with E-state index in [1.807, 2.05) is 6.92 Å². The zero-order valence-electron chi connectivity index (χ0n) is 24.0. The maximum absolute atomic E-state index is 11.9. The van der Waals surface area contributed by atoms with E-state index in [4.69, 9.17) is 13.7 Å². The van der Waals surface area contributed by atoms with Crippen LogP contribution in [0.3, 0.4) is 0 Å². The lowest BCUT2D eigenvalue weighted by molar-refractivity contribution is -0.135. The van der Waals surface area contributed by atoms with Crippen LogP contribution in [0.1, 0.15) is 90.9 Å². The van der Waals surface area contributed by atoms with Gasteiger partial charge >= 0.3 is 0 Å². The summed E-state index contributed by atoms with van der Waals surface area (Å²) in [6, 6.07) is 0. The van der Waals surface area contributed by atoms with Crippen LogP contribution in [0.25, 0.3) is 0 Å². The van der Waals surface area contributed by atoms with Crippen LogP contribution in [0.2, 0.25) is 39.3 Å². The average molecular weight is 524 g/mol. The molecule has 1 aliphatic rings. The monoisotopic (exact) mass is 523 g/mol. The van der Waals surface area contributed by atoms with Crippen LogP contribution in [-0.4, -0.2) is 41.0 Å². The Morgan fingerprint density at radius 3 is 2.29 bits per heavy atom. The number of carbonyl (C=O) groups is 1. The van der Waals surface area contributed by atoms with Crippen LogP contribution < -0.4 is 0 Å². The van der Waals surface area contributed by atoms with Gasteiger partial charge in [-0.1, -0.05) is 56.3 Å². The molecule has 202 valence electrons. The molecule has 0 aromatic heterocycles. The molecule has 7 heteroatoms. The number of nitrogens with zero attached hydrogens (tertiary/aromatic N) is 1. The average Bonchev–Trinajstić information content (AvgIpc) is 3.12. The Balaban J connectivity index is 2.74. The molecule has 0 aromatic rings. The SMILES string of the molecule is CCCCC[C@@H](/C=C/C1=C(CCCCCCC(=O)O[Si](C)(C)C)C(=N\OCC)/CC1)O[Si](C)(C)C. The highest BCUT2D eigenvalue weighted by Gasteiger charge is 2.23. The lowest BCUT2D eigenvalue weighted by Crippen LogP contribution is -2.31. The van der Waals surface area contributed by atoms with Gasteiger partial charge in [-0.15, -0.1) is 0 Å². The molecule has 0 saturated heterocycles. The molecule has 1 atom stereocenters. The largest absolute Gasteiger partial charge is 0.520 e. The maximum Gasteiger partial charge on any atom is 0.292 e. The molecule has 1 aliphatic carbocycles. The van der Waals surface area contributed by atoms with Gasteiger partial charge in [0, 0.05) is 6.42 Å². The highest BCUT2D eigenvalue weighted by molar-refractivity contribution is 6.71. The second-order valence-electron chi connectivity index (χ2n) is 11.6. The summed E-state index contributed by atoms with van der Waals surface area (Å²) in [6.45, 7) is 17.8. The van der Waals surface area contributed by atoms with Gasteiger partial charge in [0.1, 0.15) is 6.61 Å². The predicted octanol–water partition coefficient (Wildman–Crippen LogP) is 8.54. The molecule has 0 heterocycles. The van der Waals surface area contributed by atoms with Gasteiger partial charge in [0.2, 0.25) is 8.32 Å². The minimum atomic E-state index is -1.77. The van der Waals surface area contributed by atoms with Gasteiger partial charge in [-0.05, 0) is 95.9 Å². The third-order valence-corrected chi connectivity index (χ3v) is 7.61. The molecule has 0 N–H and O–H groups in total. The van der Waals surface area contributed by atoms with Crippen LogP contribution in [-0.2, 0) is 18.5 Å². The van der Waals surface area contributed by atoms with E-state index in [1.54, 1.807) is 0 Å². The maximum atomic E-state index is 11.9. The first-order valence-electron chi connectivity index (χ1n) is 13.9. The summed E-state index contributed by atoms with van der Waals surface area (Å²) in [5.74, 6) is -0.0322. The fraction of sp³-hybridized carbons (Fsp3) is 0.786. The topological polar surface area (TPSA) is 57.1 Å². The molecule has 35 heavy (non-hydrogen) atoms. The molecule has 0 fully saturated rings. The number of rotatable bonds is 18. The van der Waals surface area contributed by atoms with E-state index in [-0.39, 0.29) is 12.1 Å². The van der Waals surface area contributed by atoms with E-state index in [0.717, 1.165) is 57.1 Å². The third kappa shape index (κ3) is 15.5. The summed E-state index contributed by atoms with van der Waals surface area (Å²) < 4.78 is 12.0. The highest BCUT2D eigenvalue weighted by Crippen LogP contribution is 2.30. The summed E-state index contributed by atoms with van der Waals surface area (Å²) in [4.78, 5) is 17.4. The first-order chi connectivity index (χ1) is 16.4. The van der Waals surface area contributed by atoms with Gasteiger partial charge in [0.15, 0.2) is 8.32 Å². The Bertz CT molecular complexity index is 717. The summed E-state index contributed by atoms with van der Waals surface area (Å²) in [5, 5.41) is 4.44. The Kier molecular flexibility index (Phi) is 15.0. The first-order valence-corrected chi connectivity index (χ1v) is 20.8. The van der Waals surface area contributed by atoms with Crippen molar-refractivity contribution in [2.24, 2.45) is 5.16 Å². The number of unbranched alkanes of at least 4 members (excludes halogenated alkanes) is 5. The molecule has 0 radical (unpaired) electrons. The Morgan fingerprint density at radius 1 is 0.943 bits per heavy atom.